The van der Waals surface area contributed by atoms with Gasteiger partial charge in [0.1, 0.15) is 45.6 Å². The van der Waals surface area contributed by atoms with Gasteiger partial charge in [-0.05, 0) is 248 Å². The van der Waals surface area contributed by atoms with Crippen molar-refractivity contribution in [1.82, 2.24) is 19.9 Å². The van der Waals surface area contributed by atoms with Crippen LogP contribution in [0.2, 0.25) is 10.0 Å². The molecule has 14 heterocycles. The normalized spacial score (nSPS) is 13.4. The van der Waals surface area contributed by atoms with E-state index in [1.165, 1.54) is 48.5 Å². The standard InChI is InChI=1S/C68H66Cl2N12O8/c1-27-35(9)57-36(10)28(2)53(27)75-61(83)45-19-17-20-46(71-45)62(84)76-54-29(3)37(11)59(38(12)30(54)4)81-67(89)51-25-44(70)26-52(74-51)68(90)82-60-41(15)33(7)56(34(8)42(60)16)78-64(86)48-22-18-21-47(72-48)63(85)77-55-31(5)39(13)58(40(14)32(55)6)80-66(88)50-24-43(69)23-49(73-50)65(87)79-57/h17-26H,1-16H3,(H,75,83)(H,76,84)(H,77,85)(H,78,86)(H,79,87)(H,80,88)(H,81,89)(H,82,90). The molecule has 0 atom stereocenters. The van der Waals surface area contributed by atoms with Gasteiger partial charge in [-0.15, -0.1) is 0 Å². The van der Waals surface area contributed by atoms with Crippen molar-refractivity contribution in [2.24, 2.45) is 0 Å². The summed E-state index contributed by atoms with van der Waals surface area (Å²) in [4.78, 5) is 131. The minimum Gasteiger partial charge on any atom is -0.320 e. The van der Waals surface area contributed by atoms with Crippen LogP contribution < -0.4 is 42.5 Å². The molecule has 22 heteroatoms. The smallest absolute Gasteiger partial charge is 0.274 e. The van der Waals surface area contributed by atoms with Crippen LogP contribution in [-0.2, 0) is 0 Å². The van der Waals surface area contributed by atoms with Crippen molar-refractivity contribution >= 4 is 116 Å². The molecule has 16 bridgehead atoms. The molecule has 0 unspecified atom stereocenters. The van der Waals surface area contributed by atoms with Crippen LogP contribution in [0.1, 0.15) is 173 Å². The minimum absolute atomic E-state index is 0.0491. The van der Waals surface area contributed by atoms with Gasteiger partial charge < -0.3 is 42.5 Å². The number of carbonyl (C=O) groups excluding carboxylic acids is 8. The average Bonchev–Trinajstić information content (AvgIpc) is 0.906. The van der Waals surface area contributed by atoms with E-state index in [2.05, 4.69) is 62.5 Å². The number of carbonyl (C=O) groups is 8. The summed E-state index contributed by atoms with van der Waals surface area (Å²) in [6.07, 6.45) is 0. The third-order valence-corrected chi connectivity index (χ3v) is 17.8. The van der Waals surface area contributed by atoms with E-state index in [1.807, 2.05) is 0 Å². The number of hydrogen-bond acceptors (Lipinski definition) is 12. The van der Waals surface area contributed by atoms with Crippen molar-refractivity contribution in [1.29, 1.82) is 0 Å². The van der Waals surface area contributed by atoms with Gasteiger partial charge in [-0.25, -0.2) is 19.9 Å². The highest BCUT2D eigenvalue weighted by Crippen LogP contribution is 2.39. The van der Waals surface area contributed by atoms with Gasteiger partial charge in [-0.3, -0.25) is 38.4 Å². The average molecular weight is 1250 g/mol. The Morgan fingerprint density at radius 2 is 0.344 bits per heavy atom. The number of aromatic nitrogens is 4. The van der Waals surface area contributed by atoms with Crippen LogP contribution in [0.4, 0.5) is 45.5 Å². The third kappa shape index (κ3) is 12.2. The number of rotatable bonds is 0. The predicted molar refractivity (Wildman–Crippen MR) is 352 cm³/mol. The molecule has 0 aliphatic carbocycles. The molecule has 90 heavy (non-hydrogen) atoms. The van der Waals surface area contributed by atoms with E-state index in [1.54, 1.807) is 123 Å². The molecule has 4 aromatic heterocycles. The zero-order chi connectivity index (χ0) is 65.8. The van der Waals surface area contributed by atoms with E-state index in [4.69, 9.17) is 23.2 Å². The van der Waals surface area contributed by atoms with E-state index < -0.39 is 47.3 Å². The van der Waals surface area contributed by atoms with Crippen LogP contribution in [0.25, 0.3) is 0 Å². The first-order chi connectivity index (χ1) is 42.4. The van der Waals surface area contributed by atoms with E-state index in [-0.39, 0.29) is 55.6 Å². The number of nitrogens with one attached hydrogen (secondary N) is 8. The van der Waals surface area contributed by atoms with Crippen molar-refractivity contribution in [3.63, 3.8) is 0 Å². The molecule has 4 aromatic carbocycles. The van der Waals surface area contributed by atoms with E-state index in [0.29, 0.717) is 135 Å². The summed E-state index contributed by atoms with van der Waals surface area (Å²) in [5.41, 5.74) is 12.8. The van der Waals surface area contributed by atoms with Crippen LogP contribution >= 0.6 is 23.2 Å². The number of benzene rings is 4. The summed E-state index contributed by atoms with van der Waals surface area (Å²) >= 11 is 13.2. The third-order valence-electron chi connectivity index (χ3n) is 17.3. The largest absolute Gasteiger partial charge is 0.320 e. The van der Waals surface area contributed by atoms with Crippen LogP contribution in [0, 0.1) is 111 Å². The number of hydrogen-bond donors (Lipinski definition) is 8. The summed E-state index contributed by atoms with van der Waals surface area (Å²) in [6.45, 7) is 28.6. The predicted octanol–water partition coefficient (Wildman–Crippen LogP) is 13.8. The minimum atomic E-state index is -0.659. The molecule has 0 saturated carbocycles. The number of pyridine rings is 4. The van der Waals surface area contributed by atoms with E-state index in [0.717, 1.165) is 0 Å². The molecule has 0 spiro atoms. The highest BCUT2D eigenvalue weighted by atomic mass is 35.5. The number of halogens is 2. The molecule has 460 valence electrons. The molecule has 20 nitrogen and oxygen atoms in total. The number of nitrogens with zero attached hydrogens (tertiary/aromatic N) is 4. The van der Waals surface area contributed by atoms with Crippen molar-refractivity contribution in [3.05, 3.63) is 205 Å². The Balaban J connectivity index is 1.08. The Kier molecular flexibility index (Phi) is 18.0. The highest BCUT2D eigenvalue weighted by Gasteiger charge is 2.28. The molecular weight excluding hydrogens is 1180 g/mol. The Labute approximate surface area is 530 Å². The molecular formula is C68H66Cl2N12O8. The maximum atomic E-state index is 14.1. The molecule has 10 aliphatic heterocycles. The van der Waals surface area contributed by atoms with Gasteiger partial charge >= 0.3 is 0 Å². The summed E-state index contributed by atoms with van der Waals surface area (Å²) in [6, 6.07) is 14.4. The lowest BCUT2D eigenvalue weighted by molar-refractivity contribution is 0.0998. The van der Waals surface area contributed by atoms with Crippen LogP contribution in [0.15, 0.2) is 60.7 Å². The fraction of sp³-hybridized carbons (Fsp3) is 0.235. The molecule has 0 radical (unpaired) electrons. The van der Waals surface area contributed by atoms with Gasteiger partial charge in [0.05, 0.1) is 0 Å². The molecule has 8 amide bonds. The highest BCUT2D eigenvalue weighted by molar-refractivity contribution is 6.32. The lowest BCUT2D eigenvalue weighted by Crippen LogP contribution is -2.23. The van der Waals surface area contributed by atoms with Crippen LogP contribution in [0.5, 0.6) is 0 Å². The maximum Gasteiger partial charge on any atom is 0.274 e. The quantitative estimate of drug-likeness (QED) is 0.0704. The van der Waals surface area contributed by atoms with Gasteiger partial charge in [-0.2, -0.15) is 0 Å². The maximum absolute atomic E-state index is 14.1. The van der Waals surface area contributed by atoms with Crippen LogP contribution in [0.3, 0.4) is 0 Å². The second-order valence-electron chi connectivity index (χ2n) is 22.6. The van der Waals surface area contributed by atoms with Crippen molar-refractivity contribution in [3.8, 4) is 0 Å². The molecule has 8 N–H and O–H groups in total. The Morgan fingerprint density at radius 1 is 0.222 bits per heavy atom. The van der Waals surface area contributed by atoms with Crippen molar-refractivity contribution in [2.45, 2.75) is 111 Å². The zero-order valence-corrected chi connectivity index (χ0v) is 54.1. The fourth-order valence-electron chi connectivity index (χ4n) is 11.0. The van der Waals surface area contributed by atoms with Crippen molar-refractivity contribution < 1.29 is 38.4 Å². The molecule has 8 aromatic rings. The summed E-state index contributed by atoms with van der Waals surface area (Å²) in [5, 5.41) is 23.8. The lowest BCUT2D eigenvalue weighted by atomic mass is 9.95. The Morgan fingerprint density at radius 3 is 0.489 bits per heavy atom. The number of amides is 8. The van der Waals surface area contributed by atoms with Gasteiger partial charge in [-0.1, -0.05) is 35.3 Å². The molecule has 18 rings (SSSR count). The van der Waals surface area contributed by atoms with Crippen LogP contribution in [-0.4, -0.2) is 67.2 Å². The molecule has 0 saturated heterocycles. The van der Waals surface area contributed by atoms with Gasteiger partial charge in [0.2, 0.25) is 0 Å². The Bertz CT molecular complexity index is 3870. The second-order valence-corrected chi connectivity index (χ2v) is 23.4. The fourth-order valence-corrected chi connectivity index (χ4v) is 11.4. The van der Waals surface area contributed by atoms with Gasteiger partial charge in [0.25, 0.3) is 47.3 Å². The van der Waals surface area contributed by atoms with Gasteiger partial charge in [0, 0.05) is 55.5 Å². The van der Waals surface area contributed by atoms with E-state index in [9.17, 15) is 38.4 Å². The van der Waals surface area contributed by atoms with Crippen molar-refractivity contribution in [2.75, 3.05) is 42.5 Å². The molecule has 10 aliphatic rings. The summed E-state index contributed by atoms with van der Waals surface area (Å²) < 4.78 is 0. The zero-order valence-electron chi connectivity index (χ0n) is 52.6. The Hall–Kier alpha value is -10.2. The molecule has 0 fully saturated rings. The first kappa shape index (κ1) is 64.3. The summed E-state index contributed by atoms with van der Waals surface area (Å²) in [7, 11) is 0. The topological polar surface area (TPSA) is 284 Å². The summed E-state index contributed by atoms with van der Waals surface area (Å²) in [5.74, 6) is -5.04. The lowest BCUT2D eigenvalue weighted by Gasteiger charge is -2.22. The van der Waals surface area contributed by atoms with E-state index >= 15 is 0 Å². The number of anilines is 8. The SMILES string of the molecule is Cc1c(C)c2c(C)c(C)c1NC(=O)c1cccc(n1)C(=O)Nc1c(C)c(C)c(c(C)c1C)NC(=O)c1cc(Cl)cc(n1)C(=O)Nc1c(C)c(C)c(c(C)c1C)NC(=O)c1cccc(n1)C(=O)Nc1c(C)c(C)c(c(C)c1C)NC(=O)c1cc(Cl)cc(n1)C(=O)N2. The van der Waals surface area contributed by atoms with Gasteiger partial charge in [0.15, 0.2) is 0 Å². The first-order valence-corrected chi connectivity index (χ1v) is 29.4. The second kappa shape index (κ2) is 25.1. The monoisotopic (exact) mass is 1250 g/mol. The first-order valence-electron chi connectivity index (χ1n) is 28.6.